The van der Waals surface area contributed by atoms with E-state index in [1.54, 1.807) is 0 Å². The third-order valence-corrected chi connectivity index (χ3v) is 3.82. The Bertz CT molecular complexity index is 444. The van der Waals surface area contributed by atoms with E-state index in [4.69, 9.17) is 0 Å². The van der Waals surface area contributed by atoms with Crippen molar-refractivity contribution in [2.24, 2.45) is 0 Å². The molecule has 1 aliphatic carbocycles. The highest BCUT2D eigenvalue weighted by molar-refractivity contribution is 5.76. The zero-order chi connectivity index (χ0) is 13.9. The second kappa shape index (κ2) is 5.74. The van der Waals surface area contributed by atoms with Crippen molar-refractivity contribution >= 4 is 5.91 Å². The zero-order valence-corrected chi connectivity index (χ0v) is 11.8. The Hall–Kier alpha value is -1.35. The van der Waals surface area contributed by atoms with Crippen LogP contribution in [0.3, 0.4) is 0 Å². The molecule has 0 aliphatic heterocycles. The molecule has 0 saturated heterocycles. The highest BCUT2D eigenvalue weighted by atomic mass is 16.3. The Balaban J connectivity index is 1.76. The topological polar surface area (TPSA) is 49.3 Å². The van der Waals surface area contributed by atoms with Crippen LogP contribution in [0.1, 0.15) is 42.4 Å². The Labute approximate surface area is 115 Å². The van der Waals surface area contributed by atoms with Gasteiger partial charge in [-0.25, -0.2) is 0 Å². The van der Waals surface area contributed by atoms with Crippen molar-refractivity contribution in [2.45, 2.75) is 51.6 Å². The molecule has 19 heavy (non-hydrogen) atoms. The van der Waals surface area contributed by atoms with Gasteiger partial charge in [-0.1, -0.05) is 29.3 Å². The number of aliphatic hydroxyl groups is 1. The molecule has 3 nitrogen and oxygen atoms in total. The lowest BCUT2D eigenvalue weighted by atomic mass is 9.80. The maximum Gasteiger partial charge on any atom is 0.220 e. The predicted octanol–water partition coefficient (Wildman–Crippen LogP) is 2.27. The highest BCUT2D eigenvalue weighted by Crippen LogP contribution is 2.30. The average Bonchev–Trinajstić information content (AvgIpc) is 2.30. The number of carbonyl (C=O) groups is 1. The van der Waals surface area contributed by atoms with Crippen molar-refractivity contribution in [1.29, 1.82) is 0 Å². The smallest absolute Gasteiger partial charge is 0.220 e. The highest BCUT2D eigenvalue weighted by Gasteiger charge is 2.34. The third kappa shape index (κ3) is 4.06. The molecule has 0 bridgehead atoms. The SMILES string of the molecule is Cc1cc(C)cc(CCC(=O)NCC2(O)CCC2)c1. The van der Waals surface area contributed by atoms with Crippen molar-refractivity contribution < 1.29 is 9.90 Å². The molecule has 1 saturated carbocycles. The van der Waals surface area contributed by atoms with Gasteiger partial charge in [-0.3, -0.25) is 4.79 Å². The molecule has 104 valence electrons. The van der Waals surface area contributed by atoms with Crippen LogP contribution in [0.5, 0.6) is 0 Å². The lowest BCUT2D eigenvalue weighted by molar-refractivity contribution is -0.123. The third-order valence-electron chi connectivity index (χ3n) is 3.82. The average molecular weight is 261 g/mol. The summed E-state index contributed by atoms with van der Waals surface area (Å²) in [7, 11) is 0. The number of benzene rings is 1. The van der Waals surface area contributed by atoms with Crippen LogP contribution in [0, 0.1) is 13.8 Å². The van der Waals surface area contributed by atoms with E-state index in [2.05, 4.69) is 37.4 Å². The molecule has 1 aliphatic rings. The van der Waals surface area contributed by atoms with Gasteiger partial charge in [0.05, 0.1) is 5.60 Å². The van der Waals surface area contributed by atoms with Crippen LogP contribution in [0.4, 0.5) is 0 Å². The molecule has 0 aromatic heterocycles. The van der Waals surface area contributed by atoms with Crippen LogP contribution in [0.25, 0.3) is 0 Å². The molecule has 1 aromatic carbocycles. The molecule has 0 atom stereocenters. The molecule has 2 N–H and O–H groups in total. The Morgan fingerprint density at radius 2 is 1.89 bits per heavy atom. The largest absolute Gasteiger partial charge is 0.388 e. The molecule has 1 fully saturated rings. The number of nitrogens with one attached hydrogen (secondary N) is 1. The van der Waals surface area contributed by atoms with Gasteiger partial charge in [0, 0.05) is 13.0 Å². The van der Waals surface area contributed by atoms with Gasteiger partial charge in [0.15, 0.2) is 0 Å². The fourth-order valence-electron chi connectivity index (χ4n) is 2.58. The van der Waals surface area contributed by atoms with Gasteiger partial charge < -0.3 is 10.4 Å². The lowest BCUT2D eigenvalue weighted by Gasteiger charge is -2.36. The quantitative estimate of drug-likeness (QED) is 0.854. The number of carbonyl (C=O) groups excluding carboxylic acids is 1. The molecule has 0 spiro atoms. The molecule has 1 aromatic rings. The van der Waals surface area contributed by atoms with Gasteiger partial charge in [0.25, 0.3) is 0 Å². The van der Waals surface area contributed by atoms with Crippen LogP contribution >= 0.6 is 0 Å². The second-order valence-electron chi connectivity index (χ2n) is 5.85. The summed E-state index contributed by atoms with van der Waals surface area (Å²) in [5.41, 5.74) is 3.05. The maximum absolute atomic E-state index is 11.8. The number of hydrogen-bond acceptors (Lipinski definition) is 2. The summed E-state index contributed by atoms with van der Waals surface area (Å²) in [6.45, 7) is 4.55. The van der Waals surface area contributed by atoms with Crippen molar-refractivity contribution in [1.82, 2.24) is 5.32 Å². The summed E-state index contributed by atoms with van der Waals surface area (Å²) in [6.07, 6.45) is 3.93. The summed E-state index contributed by atoms with van der Waals surface area (Å²) < 4.78 is 0. The van der Waals surface area contributed by atoms with E-state index in [0.29, 0.717) is 13.0 Å². The minimum absolute atomic E-state index is 0.0273. The fraction of sp³-hybridized carbons (Fsp3) is 0.562. The van der Waals surface area contributed by atoms with E-state index in [-0.39, 0.29) is 5.91 Å². The minimum Gasteiger partial charge on any atom is -0.388 e. The van der Waals surface area contributed by atoms with E-state index in [1.165, 1.54) is 16.7 Å². The van der Waals surface area contributed by atoms with Crippen molar-refractivity contribution in [3.8, 4) is 0 Å². The Kier molecular flexibility index (Phi) is 4.25. The summed E-state index contributed by atoms with van der Waals surface area (Å²) in [5.74, 6) is 0.0273. The minimum atomic E-state index is -0.629. The Morgan fingerprint density at radius 3 is 2.42 bits per heavy atom. The van der Waals surface area contributed by atoms with Gasteiger partial charge in [0.2, 0.25) is 5.91 Å². The van der Waals surface area contributed by atoms with Crippen LogP contribution in [0.2, 0.25) is 0 Å². The maximum atomic E-state index is 11.8. The van der Waals surface area contributed by atoms with E-state index < -0.39 is 5.60 Å². The van der Waals surface area contributed by atoms with Crippen molar-refractivity contribution in [2.75, 3.05) is 6.54 Å². The van der Waals surface area contributed by atoms with Crippen LogP contribution in [0.15, 0.2) is 18.2 Å². The zero-order valence-electron chi connectivity index (χ0n) is 11.8. The van der Waals surface area contributed by atoms with E-state index >= 15 is 0 Å². The van der Waals surface area contributed by atoms with Gasteiger partial charge >= 0.3 is 0 Å². The molecule has 1 amide bonds. The van der Waals surface area contributed by atoms with Crippen molar-refractivity contribution in [3.63, 3.8) is 0 Å². The summed E-state index contributed by atoms with van der Waals surface area (Å²) in [5, 5.41) is 12.7. The monoisotopic (exact) mass is 261 g/mol. The molecule has 0 radical (unpaired) electrons. The van der Waals surface area contributed by atoms with Gasteiger partial charge in [0.1, 0.15) is 0 Å². The molecule has 0 unspecified atom stereocenters. The molecular formula is C16H23NO2. The normalized spacial score (nSPS) is 16.8. The first-order valence-corrected chi connectivity index (χ1v) is 7.03. The number of rotatable bonds is 5. The first kappa shape index (κ1) is 14.1. The van der Waals surface area contributed by atoms with Gasteiger partial charge in [-0.05, 0) is 45.1 Å². The van der Waals surface area contributed by atoms with Gasteiger partial charge in [-0.15, -0.1) is 0 Å². The number of aryl methyl sites for hydroxylation is 3. The molecule has 2 rings (SSSR count). The summed E-state index contributed by atoms with van der Waals surface area (Å²) >= 11 is 0. The fourth-order valence-corrected chi connectivity index (χ4v) is 2.58. The molecular weight excluding hydrogens is 238 g/mol. The standard InChI is InChI=1S/C16H23NO2/c1-12-8-13(2)10-14(9-12)4-5-15(18)17-11-16(19)6-3-7-16/h8-10,19H,3-7,11H2,1-2H3,(H,17,18). The second-order valence-corrected chi connectivity index (χ2v) is 5.85. The van der Waals surface area contributed by atoms with Crippen molar-refractivity contribution in [3.05, 3.63) is 34.9 Å². The van der Waals surface area contributed by atoms with E-state index in [0.717, 1.165) is 25.7 Å². The van der Waals surface area contributed by atoms with Crippen LogP contribution in [-0.2, 0) is 11.2 Å². The van der Waals surface area contributed by atoms with Crippen LogP contribution in [-0.4, -0.2) is 23.2 Å². The number of amides is 1. The summed E-state index contributed by atoms with van der Waals surface area (Å²) in [6, 6.07) is 6.38. The lowest BCUT2D eigenvalue weighted by Crippen LogP contribution is -2.47. The summed E-state index contributed by atoms with van der Waals surface area (Å²) in [4.78, 5) is 11.8. The van der Waals surface area contributed by atoms with Crippen LogP contribution < -0.4 is 5.32 Å². The van der Waals surface area contributed by atoms with Gasteiger partial charge in [-0.2, -0.15) is 0 Å². The number of hydrogen-bond donors (Lipinski definition) is 2. The van der Waals surface area contributed by atoms with E-state index in [9.17, 15) is 9.90 Å². The molecule has 3 heteroatoms. The first-order valence-electron chi connectivity index (χ1n) is 7.03. The predicted molar refractivity (Wildman–Crippen MR) is 76.0 cm³/mol. The van der Waals surface area contributed by atoms with E-state index in [1.807, 2.05) is 0 Å². The molecule has 0 heterocycles. The Morgan fingerprint density at radius 1 is 1.26 bits per heavy atom. The first-order chi connectivity index (χ1) is 8.97.